The summed E-state index contributed by atoms with van der Waals surface area (Å²) >= 11 is 0. The molecule has 0 radical (unpaired) electrons. The Balaban J connectivity index is 2.16. The highest BCUT2D eigenvalue weighted by Crippen LogP contribution is 2.40. The van der Waals surface area contributed by atoms with Crippen LogP contribution in [0.25, 0.3) is 0 Å². The zero-order chi connectivity index (χ0) is 7.90. The van der Waals surface area contributed by atoms with Gasteiger partial charge >= 0.3 is 6.29 Å². The van der Waals surface area contributed by atoms with Crippen molar-refractivity contribution in [2.24, 2.45) is 0 Å². The summed E-state index contributed by atoms with van der Waals surface area (Å²) in [6.45, 7) is 0. The van der Waals surface area contributed by atoms with Crippen molar-refractivity contribution in [2.45, 2.75) is 32.0 Å². The minimum absolute atomic E-state index is 0.348. The summed E-state index contributed by atoms with van der Waals surface area (Å²) in [5.41, 5.74) is 0. The van der Waals surface area contributed by atoms with Gasteiger partial charge in [0.1, 0.15) is 11.5 Å². The third-order valence-corrected chi connectivity index (χ3v) is 1.85. The van der Waals surface area contributed by atoms with E-state index < -0.39 is 6.29 Å². The topological polar surface area (TPSA) is 18.5 Å². The first-order chi connectivity index (χ1) is 5.17. The fraction of sp³-hybridized carbons (Fsp3) is 0.714. The number of ether oxygens (including phenoxy) is 2. The minimum atomic E-state index is -3.39. The van der Waals surface area contributed by atoms with Gasteiger partial charge in [0.2, 0.25) is 0 Å². The van der Waals surface area contributed by atoms with Crippen LogP contribution in [-0.4, -0.2) is 6.29 Å². The van der Waals surface area contributed by atoms with Gasteiger partial charge in [-0.15, -0.1) is 8.78 Å². The molecule has 4 heteroatoms. The Labute approximate surface area is 62.8 Å². The number of alkyl halides is 2. The van der Waals surface area contributed by atoms with E-state index in [4.69, 9.17) is 0 Å². The zero-order valence-corrected chi connectivity index (χ0v) is 5.90. The van der Waals surface area contributed by atoms with Gasteiger partial charge in [0, 0.05) is 12.8 Å². The van der Waals surface area contributed by atoms with Crippen molar-refractivity contribution < 1.29 is 18.3 Å². The molecule has 0 aromatic carbocycles. The molecule has 0 N–H and O–H groups in total. The number of hydrogen-bond acceptors (Lipinski definition) is 2. The Bertz CT molecular complexity index is 190. The number of hydrogen-bond donors (Lipinski definition) is 0. The second kappa shape index (κ2) is 2.09. The summed E-state index contributed by atoms with van der Waals surface area (Å²) in [6, 6.07) is 0. The van der Waals surface area contributed by atoms with Crippen molar-refractivity contribution in [1.82, 2.24) is 0 Å². The fourth-order valence-corrected chi connectivity index (χ4v) is 1.37. The molecule has 0 bridgehead atoms. The Kier molecular flexibility index (Phi) is 1.31. The first-order valence-electron chi connectivity index (χ1n) is 3.65. The minimum Gasteiger partial charge on any atom is -0.400 e. The van der Waals surface area contributed by atoms with Gasteiger partial charge in [-0.2, -0.15) is 0 Å². The van der Waals surface area contributed by atoms with E-state index in [2.05, 4.69) is 9.47 Å². The van der Waals surface area contributed by atoms with Gasteiger partial charge in [-0.05, 0) is 12.8 Å². The molecule has 2 rings (SSSR count). The highest BCUT2D eigenvalue weighted by atomic mass is 19.3. The molecule has 0 aromatic rings. The van der Waals surface area contributed by atoms with Gasteiger partial charge in [0.05, 0.1) is 0 Å². The Morgan fingerprint density at radius 1 is 1.00 bits per heavy atom. The second-order valence-corrected chi connectivity index (χ2v) is 2.72. The van der Waals surface area contributed by atoms with E-state index in [1.165, 1.54) is 0 Å². The first kappa shape index (κ1) is 6.88. The molecule has 0 saturated carbocycles. The van der Waals surface area contributed by atoms with E-state index in [1.807, 2.05) is 0 Å². The molecule has 0 saturated heterocycles. The van der Waals surface area contributed by atoms with Gasteiger partial charge in [0.15, 0.2) is 0 Å². The highest BCUT2D eigenvalue weighted by Gasteiger charge is 2.45. The lowest BCUT2D eigenvalue weighted by atomic mass is 10.1. The average Bonchev–Trinajstić information content (AvgIpc) is 2.21. The van der Waals surface area contributed by atoms with Gasteiger partial charge in [0.25, 0.3) is 0 Å². The van der Waals surface area contributed by atoms with Crippen LogP contribution in [0.1, 0.15) is 25.7 Å². The summed E-state index contributed by atoms with van der Waals surface area (Å²) in [5, 5.41) is 0. The standard InChI is InChI=1S/C7H8F2O2/c8-7(9)10-5-3-1-2-4-6(5)11-7/h1-4H2. The van der Waals surface area contributed by atoms with Crippen molar-refractivity contribution in [2.75, 3.05) is 0 Å². The maximum absolute atomic E-state index is 12.4. The van der Waals surface area contributed by atoms with E-state index in [9.17, 15) is 8.78 Å². The molecule has 0 atom stereocenters. The van der Waals surface area contributed by atoms with E-state index in [-0.39, 0.29) is 0 Å². The Morgan fingerprint density at radius 2 is 1.45 bits per heavy atom. The highest BCUT2D eigenvalue weighted by molar-refractivity contribution is 5.08. The molecule has 0 spiro atoms. The van der Waals surface area contributed by atoms with E-state index in [1.54, 1.807) is 0 Å². The summed E-state index contributed by atoms with van der Waals surface area (Å²) in [5.74, 6) is 0.697. The monoisotopic (exact) mass is 162 g/mol. The largest absolute Gasteiger partial charge is 0.585 e. The smallest absolute Gasteiger partial charge is 0.400 e. The van der Waals surface area contributed by atoms with Gasteiger partial charge in [-0.1, -0.05) is 0 Å². The molecule has 1 heterocycles. The van der Waals surface area contributed by atoms with Crippen LogP contribution in [0.3, 0.4) is 0 Å². The third-order valence-electron chi connectivity index (χ3n) is 1.85. The molecule has 0 aromatic heterocycles. The maximum Gasteiger partial charge on any atom is 0.585 e. The van der Waals surface area contributed by atoms with E-state index >= 15 is 0 Å². The van der Waals surface area contributed by atoms with Gasteiger partial charge < -0.3 is 9.47 Å². The molecular weight excluding hydrogens is 154 g/mol. The van der Waals surface area contributed by atoms with Gasteiger partial charge in [-0.25, -0.2) is 0 Å². The van der Waals surface area contributed by atoms with Gasteiger partial charge in [-0.3, -0.25) is 0 Å². The number of rotatable bonds is 0. The number of allylic oxidation sites excluding steroid dienone is 2. The van der Waals surface area contributed by atoms with Crippen LogP contribution in [0.5, 0.6) is 0 Å². The molecule has 0 fully saturated rings. The van der Waals surface area contributed by atoms with Crippen molar-refractivity contribution in [3.8, 4) is 0 Å². The lowest BCUT2D eigenvalue weighted by Crippen LogP contribution is -2.16. The average molecular weight is 162 g/mol. The lowest BCUT2D eigenvalue weighted by molar-refractivity contribution is -0.337. The van der Waals surface area contributed by atoms with Crippen molar-refractivity contribution in [3.63, 3.8) is 0 Å². The Morgan fingerprint density at radius 3 is 1.91 bits per heavy atom. The quantitative estimate of drug-likeness (QED) is 0.544. The molecule has 1 aliphatic carbocycles. The fourth-order valence-electron chi connectivity index (χ4n) is 1.37. The molecule has 2 aliphatic rings. The normalized spacial score (nSPS) is 27.5. The number of halogens is 2. The SMILES string of the molecule is FC1(F)OC2=C(CCCC2)O1. The van der Waals surface area contributed by atoms with Crippen LogP contribution >= 0.6 is 0 Å². The zero-order valence-electron chi connectivity index (χ0n) is 5.90. The maximum atomic E-state index is 12.4. The van der Waals surface area contributed by atoms with Crippen molar-refractivity contribution in [1.29, 1.82) is 0 Å². The molecule has 0 unspecified atom stereocenters. The second-order valence-electron chi connectivity index (χ2n) is 2.72. The summed E-state index contributed by atoms with van der Waals surface area (Å²) < 4.78 is 33.3. The van der Waals surface area contributed by atoms with Crippen molar-refractivity contribution >= 4 is 0 Å². The third kappa shape index (κ3) is 1.17. The molecule has 1 aliphatic heterocycles. The van der Waals surface area contributed by atoms with Crippen LogP contribution in [0, 0.1) is 0 Å². The predicted octanol–water partition coefficient (Wildman–Crippen LogP) is 2.37. The molecule has 11 heavy (non-hydrogen) atoms. The lowest BCUT2D eigenvalue weighted by Gasteiger charge is -2.07. The summed E-state index contributed by atoms with van der Waals surface area (Å²) in [4.78, 5) is 0. The molecule has 2 nitrogen and oxygen atoms in total. The van der Waals surface area contributed by atoms with Crippen molar-refractivity contribution in [3.05, 3.63) is 11.5 Å². The van der Waals surface area contributed by atoms with Crippen LogP contribution in [-0.2, 0) is 9.47 Å². The van der Waals surface area contributed by atoms with Crippen LogP contribution < -0.4 is 0 Å². The Hall–Kier alpha value is -0.800. The molecular formula is C7H8F2O2. The molecule has 0 amide bonds. The van der Waals surface area contributed by atoms with Crippen LogP contribution in [0.15, 0.2) is 11.5 Å². The summed E-state index contributed by atoms with van der Waals surface area (Å²) in [6.07, 6.45) is -0.387. The predicted molar refractivity (Wildman–Crippen MR) is 32.6 cm³/mol. The summed E-state index contributed by atoms with van der Waals surface area (Å²) in [7, 11) is 0. The van der Waals surface area contributed by atoms with E-state index in [0.717, 1.165) is 12.8 Å². The first-order valence-corrected chi connectivity index (χ1v) is 3.65. The van der Waals surface area contributed by atoms with Crippen LogP contribution in [0.2, 0.25) is 0 Å². The van der Waals surface area contributed by atoms with E-state index in [0.29, 0.717) is 24.4 Å². The van der Waals surface area contributed by atoms with Crippen LogP contribution in [0.4, 0.5) is 8.78 Å². The molecule has 62 valence electrons.